The molecule has 5 N–H and O–H groups in total. The van der Waals surface area contributed by atoms with Crippen LogP contribution in [0.5, 0.6) is 5.75 Å². The van der Waals surface area contributed by atoms with Crippen molar-refractivity contribution in [2.45, 2.75) is 32.6 Å². The minimum atomic E-state index is -0.636. The predicted octanol–water partition coefficient (Wildman–Crippen LogP) is 4.27. The van der Waals surface area contributed by atoms with E-state index < -0.39 is 12.2 Å². The van der Waals surface area contributed by atoms with Crippen LogP contribution in [0.25, 0.3) is 11.3 Å². The van der Waals surface area contributed by atoms with Gasteiger partial charge >= 0.3 is 6.09 Å². The first-order valence-corrected chi connectivity index (χ1v) is 11.7. The van der Waals surface area contributed by atoms with Crippen LogP contribution in [-0.4, -0.2) is 54.7 Å². The summed E-state index contributed by atoms with van der Waals surface area (Å²) in [7, 11) is 1.76. The Bertz CT molecular complexity index is 1150. The number of amides is 1. The maximum Gasteiger partial charge on any atom is 0.411 e. The second-order valence-corrected chi connectivity index (χ2v) is 8.50. The van der Waals surface area contributed by atoms with E-state index in [1.165, 1.54) is 0 Å². The van der Waals surface area contributed by atoms with E-state index >= 15 is 0 Å². The van der Waals surface area contributed by atoms with Crippen molar-refractivity contribution in [2.24, 2.45) is 0 Å². The zero-order valence-electron chi connectivity index (χ0n) is 20.7. The number of hydrogen-bond donors (Lipinski definition) is 5. The Morgan fingerprint density at radius 2 is 1.92 bits per heavy atom. The number of hydrogen-bond acceptors (Lipinski definition) is 8. The van der Waals surface area contributed by atoms with Crippen LogP contribution in [0.4, 0.5) is 16.3 Å². The van der Waals surface area contributed by atoms with Crippen LogP contribution in [0.1, 0.15) is 25.0 Å². The average molecular weight is 492 g/mol. The molecule has 0 bridgehead atoms. The highest BCUT2D eigenvalue weighted by atomic mass is 16.5. The molecule has 0 spiro atoms. The van der Waals surface area contributed by atoms with Gasteiger partial charge in [0.25, 0.3) is 0 Å². The normalized spacial score (nSPS) is 11.6. The first-order valence-electron chi connectivity index (χ1n) is 11.7. The average Bonchev–Trinajstić information content (AvgIpc) is 2.87. The van der Waals surface area contributed by atoms with E-state index in [2.05, 4.69) is 16.0 Å². The molecule has 2 aromatic carbocycles. The minimum Gasteiger partial charge on any atom is -0.491 e. The van der Waals surface area contributed by atoms with Crippen molar-refractivity contribution in [3.8, 4) is 17.0 Å². The third kappa shape index (κ3) is 7.79. The van der Waals surface area contributed by atoms with Gasteiger partial charge in [-0.2, -0.15) is 0 Å². The second kappa shape index (κ2) is 13.2. The van der Waals surface area contributed by atoms with Crippen molar-refractivity contribution in [3.63, 3.8) is 0 Å². The first kappa shape index (κ1) is 26.7. The molecule has 3 rings (SSSR count). The summed E-state index contributed by atoms with van der Waals surface area (Å²) in [5, 5.41) is 26.8. The Morgan fingerprint density at radius 1 is 1.14 bits per heavy atom. The van der Waals surface area contributed by atoms with E-state index in [1.807, 2.05) is 62.4 Å². The van der Waals surface area contributed by atoms with Gasteiger partial charge in [0.2, 0.25) is 0 Å². The lowest BCUT2D eigenvalue weighted by molar-refractivity contribution is 0.108. The number of aromatic nitrogens is 1. The summed E-state index contributed by atoms with van der Waals surface area (Å²) in [5.41, 5.74) is 3.02. The summed E-state index contributed by atoms with van der Waals surface area (Å²) in [6.07, 6.45) is -0.120. The molecule has 1 aromatic heterocycles. The number of nitrogens with one attached hydrogen (secondary N) is 4. The maximum atomic E-state index is 12.6. The van der Waals surface area contributed by atoms with E-state index in [0.29, 0.717) is 35.1 Å². The molecule has 9 heteroatoms. The molecule has 0 saturated carbocycles. The first-order chi connectivity index (χ1) is 17.4. The van der Waals surface area contributed by atoms with Gasteiger partial charge in [0.05, 0.1) is 16.9 Å². The number of carbonyl (C=O) groups excluding carboxylic acids is 1. The maximum absolute atomic E-state index is 12.6. The van der Waals surface area contributed by atoms with Gasteiger partial charge in [-0.15, -0.1) is 0 Å². The van der Waals surface area contributed by atoms with Crippen molar-refractivity contribution >= 4 is 23.8 Å². The van der Waals surface area contributed by atoms with E-state index in [-0.39, 0.29) is 19.3 Å². The number of carbonyl (C=O) groups is 1. The van der Waals surface area contributed by atoms with Crippen LogP contribution in [0, 0.1) is 5.41 Å². The van der Waals surface area contributed by atoms with Crippen LogP contribution < -0.4 is 20.7 Å². The molecular formula is C27H33N5O4. The molecule has 1 amide bonds. The highest BCUT2D eigenvalue weighted by molar-refractivity contribution is 5.99. The molecule has 1 unspecified atom stereocenters. The van der Waals surface area contributed by atoms with Crippen molar-refractivity contribution in [1.29, 1.82) is 5.41 Å². The summed E-state index contributed by atoms with van der Waals surface area (Å²) in [5.74, 6) is 1.04. The monoisotopic (exact) mass is 491 g/mol. The molecule has 1 atom stereocenters. The smallest absolute Gasteiger partial charge is 0.411 e. The van der Waals surface area contributed by atoms with Crippen molar-refractivity contribution in [2.75, 3.05) is 30.8 Å². The number of nitrogens with zero attached hydrogens (tertiary/aromatic N) is 1. The quantitative estimate of drug-likeness (QED) is 0.239. The minimum absolute atomic E-state index is 0.0488. The Labute approximate surface area is 211 Å². The zero-order valence-corrected chi connectivity index (χ0v) is 20.7. The van der Waals surface area contributed by atoms with Crippen LogP contribution >= 0.6 is 0 Å². The van der Waals surface area contributed by atoms with E-state index in [4.69, 9.17) is 19.9 Å². The number of likely N-dealkylation sites (N-methyl/N-ethyl adjacent to an activating group) is 1. The van der Waals surface area contributed by atoms with Gasteiger partial charge < -0.3 is 30.6 Å². The van der Waals surface area contributed by atoms with Gasteiger partial charge in [-0.25, -0.2) is 9.78 Å². The Kier molecular flexibility index (Phi) is 9.79. The zero-order chi connectivity index (χ0) is 25.9. The number of anilines is 2. The van der Waals surface area contributed by atoms with Crippen LogP contribution in [-0.2, 0) is 11.3 Å². The van der Waals surface area contributed by atoms with Crippen LogP contribution in [0.15, 0.2) is 60.7 Å². The lowest BCUT2D eigenvalue weighted by Gasteiger charge is -2.18. The Morgan fingerprint density at radius 3 is 2.61 bits per heavy atom. The highest BCUT2D eigenvalue weighted by Gasteiger charge is 2.16. The molecule has 36 heavy (non-hydrogen) atoms. The molecule has 1 heterocycles. The molecule has 190 valence electrons. The summed E-state index contributed by atoms with van der Waals surface area (Å²) < 4.78 is 11.1. The topological polar surface area (TPSA) is 129 Å². The molecule has 0 aliphatic carbocycles. The van der Waals surface area contributed by atoms with Gasteiger partial charge in [0.1, 0.15) is 30.9 Å². The third-order valence-electron chi connectivity index (χ3n) is 5.09. The molecule has 0 fully saturated rings. The molecule has 0 aliphatic rings. The second-order valence-electron chi connectivity index (χ2n) is 8.50. The van der Waals surface area contributed by atoms with Crippen molar-refractivity contribution in [3.05, 3.63) is 71.8 Å². The predicted molar refractivity (Wildman–Crippen MR) is 142 cm³/mol. The van der Waals surface area contributed by atoms with Gasteiger partial charge in [-0.05, 0) is 44.7 Å². The Hall–Kier alpha value is -3.95. The lowest BCUT2D eigenvalue weighted by Crippen LogP contribution is -2.29. The third-order valence-corrected chi connectivity index (χ3v) is 5.09. The highest BCUT2D eigenvalue weighted by Crippen LogP contribution is 2.30. The fraction of sp³-hybridized carbons (Fsp3) is 0.296. The molecule has 0 saturated heterocycles. The number of benzene rings is 2. The van der Waals surface area contributed by atoms with Crippen LogP contribution in [0.2, 0.25) is 0 Å². The van der Waals surface area contributed by atoms with Crippen molar-refractivity contribution < 1.29 is 19.4 Å². The van der Waals surface area contributed by atoms with Crippen molar-refractivity contribution in [1.82, 2.24) is 10.3 Å². The number of aliphatic hydroxyl groups is 1. The Balaban J connectivity index is 1.87. The number of aliphatic hydroxyl groups excluding tert-OH is 1. The van der Waals surface area contributed by atoms with Crippen LogP contribution in [0.3, 0.4) is 0 Å². The molecular weight excluding hydrogens is 458 g/mol. The summed E-state index contributed by atoms with van der Waals surface area (Å²) in [6.45, 7) is 4.62. The standard InChI is InChI=1S/C27H33N5O4/c1-18(2)30-26-23(14-28)25(32-27(34)36-16-19-8-5-4-6-9-19)13-24(31-26)20-10-7-11-22(12-20)35-17-21(33)15-29-3/h4-14,18,21,28-29,33H,15-17H2,1-3H3,(H2,30,31,32,34). The summed E-state index contributed by atoms with van der Waals surface area (Å²) in [6, 6.07) is 18.5. The molecule has 0 radical (unpaired) electrons. The van der Waals surface area contributed by atoms with Gasteiger partial charge in [-0.1, -0.05) is 42.5 Å². The fourth-order valence-electron chi connectivity index (χ4n) is 3.44. The van der Waals surface area contributed by atoms with E-state index in [1.54, 1.807) is 19.2 Å². The lowest BCUT2D eigenvalue weighted by atomic mass is 10.1. The number of rotatable bonds is 12. The number of pyridine rings is 1. The summed E-state index contributed by atoms with van der Waals surface area (Å²) in [4.78, 5) is 17.3. The van der Waals surface area contributed by atoms with Gasteiger partial charge in [0.15, 0.2) is 0 Å². The van der Waals surface area contributed by atoms with E-state index in [0.717, 1.165) is 17.3 Å². The number of ether oxygens (including phenoxy) is 2. The fourth-order valence-corrected chi connectivity index (χ4v) is 3.44. The molecule has 0 aliphatic heterocycles. The molecule has 9 nitrogen and oxygen atoms in total. The SMILES string of the molecule is CNCC(O)COc1cccc(-c2cc(NC(=O)OCc3ccccc3)c(C=N)c(NC(C)C)n2)c1. The van der Waals surface area contributed by atoms with Gasteiger partial charge in [0, 0.05) is 24.4 Å². The largest absolute Gasteiger partial charge is 0.491 e. The van der Waals surface area contributed by atoms with Gasteiger partial charge in [-0.3, -0.25) is 5.32 Å². The summed E-state index contributed by atoms with van der Waals surface area (Å²) >= 11 is 0. The van der Waals surface area contributed by atoms with E-state index in [9.17, 15) is 9.90 Å². The molecule has 3 aromatic rings.